The van der Waals surface area contributed by atoms with E-state index in [2.05, 4.69) is 17.0 Å². The first-order valence-electron chi connectivity index (χ1n) is 7.30. The van der Waals surface area contributed by atoms with E-state index in [0.717, 1.165) is 39.3 Å². The molecule has 0 amide bonds. The SMILES string of the molecule is O=C(O)C1(CCN2CCOCC2)Cc2ccccc2C1. The molecular weight excluding hydrogens is 254 g/mol. The zero-order valence-electron chi connectivity index (χ0n) is 11.7. The highest BCUT2D eigenvalue weighted by molar-refractivity contribution is 5.77. The number of carboxylic acids is 1. The lowest BCUT2D eigenvalue weighted by molar-refractivity contribution is -0.149. The van der Waals surface area contributed by atoms with E-state index < -0.39 is 11.4 Å². The summed E-state index contributed by atoms with van der Waals surface area (Å²) in [6.45, 7) is 4.22. The molecule has 1 aliphatic carbocycles. The maximum atomic E-state index is 11.8. The largest absolute Gasteiger partial charge is 0.481 e. The summed E-state index contributed by atoms with van der Waals surface area (Å²) in [6, 6.07) is 8.13. The van der Waals surface area contributed by atoms with Crippen molar-refractivity contribution in [1.82, 2.24) is 4.90 Å². The normalized spacial score (nSPS) is 21.6. The average molecular weight is 275 g/mol. The quantitative estimate of drug-likeness (QED) is 0.906. The van der Waals surface area contributed by atoms with Gasteiger partial charge in [-0.1, -0.05) is 24.3 Å². The summed E-state index contributed by atoms with van der Waals surface area (Å²) in [5, 5.41) is 9.72. The van der Waals surface area contributed by atoms with Gasteiger partial charge >= 0.3 is 5.97 Å². The molecule has 0 saturated carbocycles. The van der Waals surface area contributed by atoms with Crippen molar-refractivity contribution in [3.63, 3.8) is 0 Å². The van der Waals surface area contributed by atoms with Crippen molar-refractivity contribution < 1.29 is 14.6 Å². The monoisotopic (exact) mass is 275 g/mol. The van der Waals surface area contributed by atoms with Crippen molar-refractivity contribution in [3.05, 3.63) is 35.4 Å². The summed E-state index contributed by atoms with van der Waals surface area (Å²) in [4.78, 5) is 14.1. The summed E-state index contributed by atoms with van der Waals surface area (Å²) in [5.41, 5.74) is 1.80. The number of ether oxygens (including phenoxy) is 1. The summed E-state index contributed by atoms with van der Waals surface area (Å²) in [7, 11) is 0. The van der Waals surface area contributed by atoms with E-state index in [9.17, 15) is 9.90 Å². The molecule has 1 heterocycles. The maximum absolute atomic E-state index is 11.8. The third-order valence-corrected chi connectivity index (χ3v) is 4.64. The zero-order valence-corrected chi connectivity index (χ0v) is 11.7. The first-order chi connectivity index (χ1) is 9.70. The topological polar surface area (TPSA) is 49.8 Å². The van der Waals surface area contributed by atoms with Gasteiger partial charge in [0.25, 0.3) is 0 Å². The molecule has 1 saturated heterocycles. The van der Waals surface area contributed by atoms with Crippen molar-refractivity contribution in [1.29, 1.82) is 0 Å². The van der Waals surface area contributed by atoms with Crippen LogP contribution in [-0.2, 0) is 22.4 Å². The molecule has 0 aromatic heterocycles. The lowest BCUT2D eigenvalue weighted by Gasteiger charge is -2.31. The number of hydrogen-bond donors (Lipinski definition) is 1. The minimum Gasteiger partial charge on any atom is -0.481 e. The molecule has 4 nitrogen and oxygen atoms in total. The molecule has 1 aromatic rings. The Hall–Kier alpha value is -1.39. The molecule has 2 aliphatic rings. The number of morpholine rings is 1. The fraction of sp³-hybridized carbons (Fsp3) is 0.562. The minimum atomic E-state index is -0.651. The number of carbonyl (C=O) groups is 1. The Morgan fingerprint density at radius 2 is 1.80 bits per heavy atom. The number of hydrogen-bond acceptors (Lipinski definition) is 3. The van der Waals surface area contributed by atoms with Crippen LogP contribution in [0, 0.1) is 5.41 Å². The number of aliphatic carboxylic acids is 1. The number of fused-ring (bicyclic) bond motifs is 1. The van der Waals surface area contributed by atoms with E-state index in [-0.39, 0.29) is 0 Å². The van der Waals surface area contributed by atoms with Gasteiger partial charge in [0.15, 0.2) is 0 Å². The van der Waals surface area contributed by atoms with E-state index in [1.54, 1.807) is 0 Å². The zero-order chi connectivity index (χ0) is 14.0. The molecule has 1 aliphatic heterocycles. The van der Waals surface area contributed by atoms with Crippen molar-refractivity contribution in [2.45, 2.75) is 19.3 Å². The highest BCUT2D eigenvalue weighted by Gasteiger charge is 2.43. The molecular formula is C16H21NO3. The van der Waals surface area contributed by atoms with Gasteiger partial charge in [0.1, 0.15) is 0 Å². The van der Waals surface area contributed by atoms with Gasteiger partial charge in [-0.2, -0.15) is 0 Å². The number of rotatable bonds is 4. The number of carboxylic acid groups (broad SMARTS) is 1. The van der Waals surface area contributed by atoms with Crippen molar-refractivity contribution in [3.8, 4) is 0 Å². The number of benzene rings is 1. The van der Waals surface area contributed by atoms with Crippen molar-refractivity contribution in [2.24, 2.45) is 5.41 Å². The third-order valence-electron chi connectivity index (χ3n) is 4.64. The molecule has 0 unspecified atom stereocenters. The second-order valence-corrected chi connectivity index (χ2v) is 5.91. The molecule has 20 heavy (non-hydrogen) atoms. The van der Waals surface area contributed by atoms with Crippen LogP contribution in [-0.4, -0.2) is 48.8 Å². The van der Waals surface area contributed by atoms with Crippen molar-refractivity contribution in [2.75, 3.05) is 32.8 Å². The molecule has 4 heteroatoms. The molecule has 0 radical (unpaired) electrons. The molecule has 0 spiro atoms. The van der Waals surface area contributed by atoms with Crippen LogP contribution in [0.1, 0.15) is 17.5 Å². The molecule has 3 rings (SSSR count). The van der Waals surface area contributed by atoms with Gasteiger partial charge in [-0.15, -0.1) is 0 Å². The molecule has 108 valence electrons. The molecule has 1 fully saturated rings. The first-order valence-corrected chi connectivity index (χ1v) is 7.30. The Balaban J connectivity index is 1.69. The Kier molecular flexibility index (Phi) is 3.76. The van der Waals surface area contributed by atoms with Crippen LogP contribution in [0.15, 0.2) is 24.3 Å². The van der Waals surface area contributed by atoms with Crippen LogP contribution in [0.2, 0.25) is 0 Å². The lowest BCUT2D eigenvalue weighted by Crippen LogP contribution is -2.41. The van der Waals surface area contributed by atoms with Gasteiger partial charge < -0.3 is 9.84 Å². The van der Waals surface area contributed by atoms with Gasteiger partial charge in [-0.3, -0.25) is 9.69 Å². The molecule has 0 bridgehead atoms. The molecule has 0 atom stereocenters. The van der Waals surface area contributed by atoms with E-state index in [1.807, 2.05) is 12.1 Å². The fourth-order valence-electron chi connectivity index (χ4n) is 3.33. The Morgan fingerprint density at radius 1 is 1.20 bits per heavy atom. The van der Waals surface area contributed by atoms with Crippen LogP contribution in [0.5, 0.6) is 0 Å². The van der Waals surface area contributed by atoms with Crippen LogP contribution in [0.25, 0.3) is 0 Å². The van der Waals surface area contributed by atoms with Crippen LogP contribution in [0.3, 0.4) is 0 Å². The lowest BCUT2D eigenvalue weighted by atomic mass is 9.81. The second-order valence-electron chi connectivity index (χ2n) is 5.91. The van der Waals surface area contributed by atoms with E-state index >= 15 is 0 Å². The Bertz CT molecular complexity index is 469. The Labute approximate surface area is 119 Å². The van der Waals surface area contributed by atoms with Gasteiger partial charge in [0, 0.05) is 13.1 Å². The van der Waals surface area contributed by atoms with E-state index in [1.165, 1.54) is 11.1 Å². The summed E-state index contributed by atoms with van der Waals surface area (Å²) in [5.74, 6) is -0.651. The predicted molar refractivity (Wildman–Crippen MR) is 75.8 cm³/mol. The van der Waals surface area contributed by atoms with Crippen LogP contribution in [0.4, 0.5) is 0 Å². The maximum Gasteiger partial charge on any atom is 0.310 e. The van der Waals surface area contributed by atoms with Crippen LogP contribution < -0.4 is 0 Å². The average Bonchev–Trinajstić information content (AvgIpc) is 2.86. The second kappa shape index (κ2) is 5.54. The van der Waals surface area contributed by atoms with Gasteiger partial charge in [0.05, 0.1) is 18.6 Å². The highest BCUT2D eigenvalue weighted by atomic mass is 16.5. The summed E-state index contributed by atoms with van der Waals surface area (Å²) >= 11 is 0. The van der Waals surface area contributed by atoms with Crippen LogP contribution >= 0.6 is 0 Å². The fourth-order valence-corrected chi connectivity index (χ4v) is 3.33. The molecule has 1 aromatic carbocycles. The van der Waals surface area contributed by atoms with Gasteiger partial charge in [0.2, 0.25) is 0 Å². The predicted octanol–water partition coefficient (Wildman–Crippen LogP) is 1.58. The van der Waals surface area contributed by atoms with Crippen molar-refractivity contribution >= 4 is 5.97 Å². The standard InChI is InChI=1S/C16H21NO3/c18-15(19)16(5-6-17-7-9-20-10-8-17)11-13-3-1-2-4-14(13)12-16/h1-4H,5-12H2,(H,18,19). The van der Waals surface area contributed by atoms with E-state index in [4.69, 9.17) is 4.74 Å². The third kappa shape index (κ3) is 2.58. The summed E-state index contributed by atoms with van der Waals surface area (Å²) in [6.07, 6.45) is 2.06. The van der Waals surface area contributed by atoms with Gasteiger partial charge in [-0.25, -0.2) is 0 Å². The first kappa shape index (κ1) is 13.6. The summed E-state index contributed by atoms with van der Waals surface area (Å²) < 4.78 is 5.34. The highest BCUT2D eigenvalue weighted by Crippen LogP contribution is 2.40. The smallest absolute Gasteiger partial charge is 0.310 e. The minimum absolute atomic E-state index is 0.609. The molecule has 1 N–H and O–H groups in total. The Morgan fingerprint density at radius 3 is 2.35 bits per heavy atom. The van der Waals surface area contributed by atoms with E-state index in [0.29, 0.717) is 12.8 Å². The van der Waals surface area contributed by atoms with Gasteiger partial charge in [-0.05, 0) is 36.9 Å². The number of nitrogens with zero attached hydrogens (tertiary/aromatic N) is 1.